The zero-order valence-electron chi connectivity index (χ0n) is 8.23. The highest BCUT2D eigenvalue weighted by atomic mass is 35.5. The third-order valence-corrected chi connectivity index (χ3v) is 3.28. The van der Waals surface area contributed by atoms with Gasteiger partial charge in [0.25, 0.3) is 0 Å². The summed E-state index contributed by atoms with van der Waals surface area (Å²) in [6.07, 6.45) is 8.27. The Bertz CT molecular complexity index is 487. The maximum absolute atomic E-state index is 6.10. The van der Waals surface area contributed by atoms with Gasteiger partial charge in [-0.2, -0.15) is 0 Å². The van der Waals surface area contributed by atoms with Gasteiger partial charge >= 0.3 is 0 Å². The van der Waals surface area contributed by atoms with E-state index in [-0.39, 0.29) is 0 Å². The fraction of sp³-hybridized carbons (Fsp3) is 0.500. The molecule has 0 bridgehead atoms. The van der Waals surface area contributed by atoms with Crippen LogP contribution in [0.5, 0.6) is 0 Å². The maximum Gasteiger partial charge on any atom is 0.180 e. The van der Waals surface area contributed by atoms with E-state index in [1.807, 2.05) is 4.40 Å². The van der Waals surface area contributed by atoms with E-state index in [0.29, 0.717) is 11.1 Å². The molecule has 5 heteroatoms. The summed E-state index contributed by atoms with van der Waals surface area (Å²) in [5, 5.41) is 8.91. The van der Waals surface area contributed by atoms with Crippen molar-refractivity contribution in [3.8, 4) is 0 Å². The minimum atomic E-state index is 0.514. The minimum Gasteiger partial charge on any atom is -0.266 e. The molecule has 0 aliphatic heterocycles. The fourth-order valence-corrected chi connectivity index (χ4v) is 2.51. The Balaban J connectivity index is 2.18. The van der Waals surface area contributed by atoms with Gasteiger partial charge in [0.05, 0.1) is 12.4 Å². The van der Waals surface area contributed by atoms with Crippen molar-refractivity contribution in [2.75, 3.05) is 0 Å². The first kappa shape index (κ1) is 9.09. The quantitative estimate of drug-likeness (QED) is 0.744. The van der Waals surface area contributed by atoms with Crippen LogP contribution in [0, 0.1) is 0 Å². The highest BCUT2D eigenvalue weighted by Gasteiger charge is 2.22. The van der Waals surface area contributed by atoms with Crippen molar-refractivity contribution in [1.82, 2.24) is 19.6 Å². The summed E-state index contributed by atoms with van der Waals surface area (Å²) in [6.45, 7) is 0. The third kappa shape index (κ3) is 1.40. The van der Waals surface area contributed by atoms with E-state index >= 15 is 0 Å². The molecule has 3 rings (SSSR count). The first-order valence-corrected chi connectivity index (χ1v) is 5.58. The molecule has 0 atom stereocenters. The molecule has 1 saturated carbocycles. The highest BCUT2D eigenvalue weighted by Crippen LogP contribution is 2.33. The monoisotopic (exact) mass is 222 g/mol. The molecule has 2 aromatic heterocycles. The van der Waals surface area contributed by atoms with Crippen LogP contribution in [0.3, 0.4) is 0 Å². The molecule has 0 saturated heterocycles. The molecule has 4 nitrogen and oxygen atoms in total. The lowest BCUT2D eigenvalue weighted by Crippen LogP contribution is -2.01. The first-order chi connectivity index (χ1) is 7.36. The Morgan fingerprint density at radius 3 is 2.80 bits per heavy atom. The summed E-state index contributed by atoms with van der Waals surface area (Å²) in [7, 11) is 0. The Kier molecular flexibility index (Phi) is 2.09. The Labute approximate surface area is 92.3 Å². The van der Waals surface area contributed by atoms with Crippen molar-refractivity contribution in [3.05, 3.63) is 23.4 Å². The largest absolute Gasteiger partial charge is 0.266 e. The van der Waals surface area contributed by atoms with Crippen LogP contribution in [0.2, 0.25) is 5.15 Å². The zero-order chi connectivity index (χ0) is 10.3. The van der Waals surface area contributed by atoms with Crippen molar-refractivity contribution >= 4 is 17.2 Å². The number of fused-ring (bicyclic) bond motifs is 1. The van der Waals surface area contributed by atoms with Crippen LogP contribution in [0.4, 0.5) is 0 Å². The van der Waals surface area contributed by atoms with Gasteiger partial charge in [-0.1, -0.05) is 24.4 Å². The van der Waals surface area contributed by atoms with Gasteiger partial charge in [-0.25, -0.2) is 0 Å². The molecule has 1 aliphatic rings. The van der Waals surface area contributed by atoms with Gasteiger partial charge < -0.3 is 0 Å². The number of nitrogens with zero attached hydrogens (tertiary/aromatic N) is 4. The van der Waals surface area contributed by atoms with Gasteiger partial charge in [-0.15, -0.1) is 10.2 Å². The number of aromatic nitrogens is 4. The van der Waals surface area contributed by atoms with Crippen molar-refractivity contribution < 1.29 is 0 Å². The number of rotatable bonds is 1. The van der Waals surface area contributed by atoms with Crippen LogP contribution in [0.25, 0.3) is 5.65 Å². The van der Waals surface area contributed by atoms with Gasteiger partial charge in [0.2, 0.25) is 0 Å². The smallest absolute Gasteiger partial charge is 0.180 e. The molecule has 0 spiro atoms. The molecule has 1 fully saturated rings. The van der Waals surface area contributed by atoms with Crippen LogP contribution in [0.1, 0.15) is 37.4 Å². The van der Waals surface area contributed by atoms with Gasteiger partial charge in [-0.05, 0) is 12.8 Å². The Morgan fingerprint density at radius 2 is 2.00 bits per heavy atom. The van der Waals surface area contributed by atoms with E-state index in [1.54, 1.807) is 12.4 Å². The molecule has 0 unspecified atom stereocenters. The average molecular weight is 223 g/mol. The van der Waals surface area contributed by atoms with Gasteiger partial charge in [0.1, 0.15) is 11.0 Å². The number of hydrogen-bond acceptors (Lipinski definition) is 3. The van der Waals surface area contributed by atoms with E-state index in [9.17, 15) is 0 Å². The van der Waals surface area contributed by atoms with E-state index in [4.69, 9.17) is 11.6 Å². The first-order valence-electron chi connectivity index (χ1n) is 5.21. The predicted molar refractivity (Wildman–Crippen MR) is 57.0 cm³/mol. The molecule has 15 heavy (non-hydrogen) atoms. The summed E-state index contributed by atoms with van der Waals surface area (Å²) in [4.78, 5) is 4.00. The summed E-state index contributed by atoms with van der Waals surface area (Å²) in [5.74, 6) is 1.51. The van der Waals surface area contributed by atoms with Gasteiger partial charge in [0.15, 0.2) is 5.65 Å². The molecule has 0 N–H and O–H groups in total. The lowest BCUT2D eigenvalue weighted by atomic mass is 10.1. The summed E-state index contributed by atoms with van der Waals surface area (Å²) >= 11 is 6.10. The zero-order valence-corrected chi connectivity index (χ0v) is 8.98. The predicted octanol–water partition coefficient (Wildman–Crippen LogP) is 2.44. The molecular weight excluding hydrogens is 212 g/mol. The summed E-state index contributed by atoms with van der Waals surface area (Å²) in [6, 6.07) is 0. The van der Waals surface area contributed by atoms with Crippen molar-refractivity contribution in [1.29, 1.82) is 0 Å². The summed E-state index contributed by atoms with van der Waals surface area (Å²) < 4.78 is 1.91. The number of hydrogen-bond donors (Lipinski definition) is 0. The van der Waals surface area contributed by atoms with Crippen LogP contribution in [-0.4, -0.2) is 19.6 Å². The highest BCUT2D eigenvalue weighted by molar-refractivity contribution is 6.29. The van der Waals surface area contributed by atoms with E-state index in [0.717, 1.165) is 11.5 Å². The molecule has 2 aromatic rings. The SMILES string of the molecule is Clc1cncc2nnc(C3CCCC3)n12. The average Bonchev–Trinajstić information content (AvgIpc) is 2.85. The fourth-order valence-electron chi connectivity index (χ4n) is 2.28. The topological polar surface area (TPSA) is 43.1 Å². The Hall–Kier alpha value is -1.16. The molecule has 78 valence electrons. The van der Waals surface area contributed by atoms with Gasteiger partial charge in [-0.3, -0.25) is 9.38 Å². The lowest BCUT2D eigenvalue weighted by molar-refractivity contribution is 0.658. The maximum atomic E-state index is 6.10. The van der Waals surface area contributed by atoms with Crippen LogP contribution < -0.4 is 0 Å². The van der Waals surface area contributed by atoms with Crippen LogP contribution >= 0.6 is 11.6 Å². The lowest BCUT2D eigenvalue weighted by Gasteiger charge is -2.07. The second-order valence-corrected chi connectivity index (χ2v) is 4.35. The molecule has 0 aromatic carbocycles. The molecule has 2 heterocycles. The molecule has 0 amide bonds. The molecule has 1 aliphatic carbocycles. The van der Waals surface area contributed by atoms with Crippen LogP contribution in [0.15, 0.2) is 12.4 Å². The van der Waals surface area contributed by atoms with E-state index < -0.39 is 0 Å². The van der Waals surface area contributed by atoms with Gasteiger partial charge in [0, 0.05) is 5.92 Å². The van der Waals surface area contributed by atoms with E-state index in [1.165, 1.54) is 25.7 Å². The molecular formula is C10H11ClN4. The number of halogens is 1. The van der Waals surface area contributed by atoms with E-state index in [2.05, 4.69) is 15.2 Å². The van der Waals surface area contributed by atoms with Crippen molar-refractivity contribution in [3.63, 3.8) is 0 Å². The standard InChI is InChI=1S/C10H11ClN4/c11-8-5-12-6-9-13-14-10(15(8)9)7-3-1-2-4-7/h5-7H,1-4H2. The molecule has 0 radical (unpaired) electrons. The van der Waals surface area contributed by atoms with Crippen molar-refractivity contribution in [2.45, 2.75) is 31.6 Å². The second kappa shape index (κ2) is 3.45. The third-order valence-electron chi connectivity index (χ3n) is 3.02. The second-order valence-electron chi connectivity index (χ2n) is 3.96. The summed E-state index contributed by atoms with van der Waals surface area (Å²) in [5.41, 5.74) is 0.740. The van der Waals surface area contributed by atoms with Crippen LogP contribution in [-0.2, 0) is 0 Å². The Morgan fingerprint density at radius 1 is 1.20 bits per heavy atom. The minimum absolute atomic E-state index is 0.514. The van der Waals surface area contributed by atoms with Crippen molar-refractivity contribution in [2.24, 2.45) is 0 Å². The normalized spacial score (nSPS) is 17.7.